The molecule has 0 saturated carbocycles. The highest BCUT2D eigenvalue weighted by Gasteiger charge is 2.23. The first-order chi connectivity index (χ1) is 5.93. The predicted octanol–water partition coefficient (Wildman–Crippen LogP) is 2.34. The van der Waals surface area contributed by atoms with E-state index in [4.69, 9.17) is 0 Å². The summed E-state index contributed by atoms with van der Waals surface area (Å²) in [4.78, 5) is 1.30. The molecule has 12 heavy (non-hydrogen) atoms. The number of benzene rings is 1. The summed E-state index contributed by atoms with van der Waals surface area (Å²) in [6.07, 6.45) is 2.06. The van der Waals surface area contributed by atoms with Crippen molar-refractivity contribution in [2.75, 3.05) is 0 Å². The summed E-state index contributed by atoms with van der Waals surface area (Å²) in [6.45, 7) is 0. The van der Waals surface area contributed by atoms with Gasteiger partial charge in [0.2, 0.25) is 0 Å². The number of aromatic nitrogens is 2. The van der Waals surface area contributed by atoms with Crippen LogP contribution >= 0.6 is 11.8 Å². The van der Waals surface area contributed by atoms with Gasteiger partial charge in [0.05, 0.1) is 10.6 Å². The molecule has 1 aliphatic rings. The molecule has 1 aliphatic heterocycles. The zero-order chi connectivity index (χ0) is 7.97. The van der Waals surface area contributed by atoms with Crippen LogP contribution in [0.3, 0.4) is 0 Å². The van der Waals surface area contributed by atoms with E-state index in [9.17, 15) is 0 Å². The minimum absolute atomic E-state index is 1.13. The highest BCUT2D eigenvalue weighted by molar-refractivity contribution is 8.04. The molecule has 2 nitrogen and oxygen atoms in total. The molecule has 0 saturated heterocycles. The van der Waals surface area contributed by atoms with Crippen molar-refractivity contribution >= 4 is 11.8 Å². The molecule has 1 aromatic heterocycles. The Balaban J connectivity index is 2.11. The average Bonchev–Trinajstić information content (AvgIpc) is 2.75. The lowest BCUT2D eigenvalue weighted by atomic mass is 10.3. The van der Waals surface area contributed by atoms with Gasteiger partial charge in [-0.05, 0) is 12.1 Å². The molecule has 58 valence electrons. The molecule has 0 fully saturated rings. The number of hydrogen-bond acceptors (Lipinski definition) is 2. The first-order valence-electron chi connectivity index (χ1n) is 3.76. The number of para-hydroxylation sites is 1. The Labute approximate surface area is 74.2 Å². The molecule has 0 N–H and O–H groups in total. The minimum atomic E-state index is 1.13. The van der Waals surface area contributed by atoms with Crippen molar-refractivity contribution in [3.8, 4) is 5.69 Å². The van der Waals surface area contributed by atoms with Crippen LogP contribution in [0.4, 0.5) is 0 Å². The standard InChI is InChI=1S/C9H6N2S/c1-2-4-7(5-3-1)11-6-8-9(10-11)12-8/h1-6H. The van der Waals surface area contributed by atoms with E-state index in [-0.39, 0.29) is 0 Å². The smallest absolute Gasteiger partial charge is 0.137 e. The molecule has 0 amide bonds. The van der Waals surface area contributed by atoms with Crippen molar-refractivity contribution in [3.63, 3.8) is 0 Å². The SMILES string of the molecule is c1ccc(-n2cc3c(n2)S3)cc1. The lowest BCUT2D eigenvalue weighted by Gasteiger charge is -1.99. The second-order valence-corrected chi connectivity index (χ2v) is 3.71. The van der Waals surface area contributed by atoms with E-state index in [0.717, 1.165) is 5.69 Å². The average molecular weight is 174 g/mol. The molecule has 0 spiro atoms. The summed E-state index contributed by atoms with van der Waals surface area (Å²) in [5.41, 5.74) is 1.13. The van der Waals surface area contributed by atoms with E-state index in [1.54, 1.807) is 11.8 Å². The molecule has 3 rings (SSSR count). The molecule has 0 bridgehead atoms. The van der Waals surface area contributed by atoms with Gasteiger partial charge in [-0.3, -0.25) is 0 Å². The number of rotatable bonds is 1. The van der Waals surface area contributed by atoms with Gasteiger partial charge in [-0.25, -0.2) is 4.68 Å². The third-order valence-corrected chi connectivity index (χ3v) is 2.64. The lowest BCUT2D eigenvalue weighted by molar-refractivity contribution is 0.840. The van der Waals surface area contributed by atoms with Crippen molar-refractivity contribution in [3.05, 3.63) is 36.5 Å². The van der Waals surface area contributed by atoms with Crippen LogP contribution in [-0.2, 0) is 0 Å². The van der Waals surface area contributed by atoms with Crippen LogP contribution in [0, 0.1) is 0 Å². The normalized spacial score (nSPS) is 12.7. The Morgan fingerprint density at radius 3 is 2.67 bits per heavy atom. The molecular weight excluding hydrogens is 168 g/mol. The first-order valence-corrected chi connectivity index (χ1v) is 4.58. The third kappa shape index (κ3) is 0.865. The van der Waals surface area contributed by atoms with E-state index in [2.05, 4.69) is 23.4 Å². The lowest BCUT2D eigenvalue weighted by Crippen LogP contribution is -1.93. The summed E-state index contributed by atoms with van der Waals surface area (Å²) in [5, 5.41) is 5.52. The van der Waals surface area contributed by atoms with E-state index in [1.165, 1.54) is 9.92 Å². The van der Waals surface area contributed by atoms with E-state index < -0.39 is 0 Å². The quantitative estimate of drug-likeness (QED) is 0.527. The predicted molar refractivity (Wildman–Crippen MR) is 47.7 cm³/mol. The molecule has 1 aromatic carbocycles. The molecule has 0 atom stereocenters. The Morgan fingerprint density at radius 2 is 2.00 bits per heavy atom. The van der Waals surface area contributed by atoms with Gasteiger partial charge in [-0.15, -0.1) is 0 Å². The van der Waals surface area contributed by atoms with Crippen molar-refractivity contribution in [1.82, 2.24) is 9.78 Å². The summed E-state index contributed by atoms with van der Waals surface area (Å²) in [6, 6.07) is 10.2. The largest absolute Gasteiger partial charge is 0.239 e. The fourth-order valence-corrected chi connectivity index (χ4v) is 1.71. The Morgan fingerprint density at radius 1 is 1.17 bits per heavy atom. The molecule has 2 aromatic rings. The first kappa shape index (κ1) is 6.31. The molecule has 0 unspecified atom stereocenters. The van der Waals surface area contributed by atoms with Gasteiger partial charge in [-0.1, -0.05) is 30.0 Å². The number of hydrogen-bond donors (Lipinski definition) is 0. The van der Waals surface area contributed by atoms with Crippen molar-refractivity contribution in [1.29, 1.82) is 0 Å². The van der Waals surface area contributed by atoms with Gasteiger partial charge in [0, 0.05) is 6.20 Å². The highest BCUT2D eigenvalue weighted by Crippen LogP contribution is 2.46. The van der Waals surface area contributed by atoms with Gasteiger partial charge < -0.3 is 0 Å². The van der Waals surface area contributed by atoms with Crippen molar-refractivity contribution in [2.45, 2.75) is 9.92 Å². The molecular formula is C9H6N2S. The zero-order valence-electron chi connectivity index (χ0n) is 6.27. The van der Waals surface area contributed by atoms with Gasteiger partial charge in [0.15, 0.2) is 0 Å². The van der Waals surface area contributed by atoms with E-state index in [1.807, 2.05) is 22.9 Å². The topological polar surface area (TPSA) is 17.8 Å². The highest BCUT2D eigenvalue weighted by atomic mass is 32.2. The summed E-state index contributed by atoms with van der Waals surface area (Å²) < 4.78 is 1.92. The second-order valence-electron chi connectivity index (χ2n) is 2.68. The van der Waals surface area contributed by atoms with Crippen LogP contribution in [0.1, 0.15) is 0 Å². The maximum atomic E-state index is 4.35. The monoisotopic (exact) mass is 174 g/mol. The molecule has 3 heteroatoms. The zero-order valence-corrected chi connectivity index (χ0v) is 7.08. The van der Waals surface area contributed by atoms with Crippen LogP contribution in [0.25, 0.3) is 5.69 Å². The minimum Gasteiger partial charge on any atom is -0.239 e. The van der Waals surface area contributed by atoms with Gasteiger partial charge in [0.1, 0.15) is 5.03 Å². The number of fused-ring (bicyclic) bond motifs is 1. The Kier molecular flexibility index (Phi) is 1.12. The van der Waals surface area contributed by atoms with Crippen molar-refractivity contribution in [2.24, 2.45) is 0 Å². The van der Waals surface area contributed by atoms with Crippen LogP contribution in [0.5, 0.6) is 0 Å². The third-order valence-electron chi connectivity index (χ3n) is 1.83. The summed E-state index contributed by atoms with van der Waals surface area (Å²) >= 11 is 1.75. The van der Waals surface area contributed by atoms with Crippen molar-refractivity contribution < 1.29 is 0 Å². The van der Waals surface area contributed by atoms with Crippen LogP contribution in [0.15, 0.2) is 46.5 Å². The van der Waals surface area contributed by atoms with Crippen LogP contribution < -0.4 is 0 Å². The van der Waals surface area contributed by atoms with Crippen LogP contribution in [-0.4, -0.2) is 9.78 Å². The summed E-state index contributed by atoms with van der Waals surface area (Å²) in [7, 11) is 0. The van der Waals surface area contributed by atoms with Gasteiger partial charge in [0.25, 0.3) is 0 Å². The Bertz CT molecular complexity index is 400. The molecule has 0 radical (unpaired) electrons. The Hall–Kier alpha value is -1.22. The van der Waals surface area contributed by atoms with E-state index >= 15 is 0 Å². The fraction of sp³-hybridized carbons (Fsp3) is 0. The molecule has 0 aliphatic carbocycles. The maximum absolute atomic E-state index is 4.35. The second kappa shape index (κ2) is 2.14. The summed E-state index contributed by atoms with van der Waals surface area (Å²) in [5.74, 6) is 0. The maximum Gasteiger partial charge on any atom is 0.137 e. The fourth-order valence-electron chi connectivity index (χ4n) is 1.18. The van der Waals surface area contributed by atoms with Gasteiger partial charge >= 0.3 is 0 Å². The number of nitrogens with zero attached hydrogens (tertiary/aromatic N) is 2. The van der Waals surface area contributed by atoms with Gasteiger partial charge in [-0.2, -0.15) is 5.10 Å². The van der Waals surface area contributed by atoms with Crippen LogP contribution in [0.2, 0.25) is 0 Å². The van der Waals surface area contributed by atoms with E-state index in [0.29, 0.717) is 0 Å². The molecule has 2 heterocycles.